The van der Waals surface area contributed by atoms with Gasteiger partial charge < -0.3 is 14.7 Å². The molecule has 4 heteroatoms. The van der Waals surface area contributed by atoms with Gasteiger partial charge in [0.1, 0.15) is 0 Å². The Bertz CT molecular complexity index is 422. The molecule has 84 valence electrons. The molecule has 4 nitrogen and oxygen atoms in total. The SMILES string of the molecule is O=C(O)N1CC2=C3C=CC=CC3COC2C1. The van der Waals surface area contributed by atoms with Gasteiger partial charge in [-0.25, -0.2) is 4.79 Å². The van der Waals surface area contributed by atoms with Gasteiger partial charge in [-0.05, 0) is 11.1 Å². The van der Waals surface area contributed by atoms with Crippen molar-refractivity contribution in [2.45, 2.75) is 6.10 Å². The maximum atomic E-state index is 10.9. The molecule has 1 saturated heterocycles. The molecule has 3 aliphatic rings. The minimum Gasteiger partial charge on any atom is -0.465 e. The zero-order valence-electron chi connectivity index (χ0n) is 8.80. The van der Waals surface area contributed by atoms with Crippen LogP contribution in [0.2, 0.25) is 0 Å². The molecule has 16 heavy (non-hydrogen) atoms. The van der Waals surface area contributed by atoms with Crippen LogP contribution in [0.1, 0.15) is 0 Å². The number of allylic oxidation sites excluding steroid dienone is 3. The van der Waals surface area contributed by atoms with Crippen molar-refractivity contribution in [3.05, 3.63) is 35.5 Å². The standard InChI is InChI=1S/C12H13NO3/c14-12(15)13-5-10-9-4-2-1-3-8(9)7-16-11(10)6-13/h1-4,8,11H,5-7H2,(H,14,15). The molecular formula is C12H13NO3. The average molecular weight is 219 g/mol. The monoisotopic (exact) mass is 219 g/mol. The molecule has 0 radical (unpaired) electrons. The lowest BCUT2D eigenvalue weighted by Gasteiger charge is -2.28. The van der Waals surface area contributed by atoms with E-state index >= 15 is 0 Å². The first-order valence-corrected chi connectivity index (χ1v) is 5.43. The van der Waals surface area contributed by atoms with Crippen LogP contribution in [-0.2, 0) is 4.74 Å². The van der Waals surface area contributed by atoms with Crippen molar-refractivity contribution in [2.24, 2.45) is 5.92 Å². The zero-order chi connectivity index (χ0) is 11.1. The van der Waals surface area contributed by atoms with E-state index in [0.717, 1.165) is 5.57 Å². The predicted molar refractivity (Wildman–Crippen MR) is 58.1 cm³/mol. The van der Waals surface area contributed by atoms with Crippen molar-refractivity contribution in [1.29, 1.82) is 0 Å². The van der Waals surface area contributed by atoms with Gasteiger partial charge in [0.25, 0.3) is 0 Å². The maximum Gasteiger partial charge on any atom is 0.407 e. The van der Waals surface area contributed by atoms with Crippen LogP contribution >= 0.6 is 0 Å². The predicted octanol–water partition coefficient (Wildman–Crippen LogP) is 1.42. The quantitative estimate of drug-likeness (QED) is 0.670. The van der Waals surface area contributed by atoms with Crippen LogP contribution in [0.4, 0.5) is 4.79 Å². The molecule has 2 aliphatic heterocycles. The zero-order valence-corrected chi connectivity index (χ0v) is 8.80. The van der Waals surface area contributed by atoms with E-state index in [4.69, 9.17) is 9.84 Å². The normalized spacial score (nSPS) is 31.6. The van der Waals surface area contributed by atoms with E-state index in [1.54, 1.807) is 0 Å². The molecule has 0 saturated carbocycles. The second kappa shape index (κ2) is 3.49. The van der Waals surface area contributed by atoms with Crippen LogP contribution in [0.15, 0.2) is 35.5 Å². The summed E-state index contributed by atoms with van der Waals surface area (Å²) in [7, 11) is 0. The smallest absolute Gasteiger partial charge is 0.407 e. The molecule has 0 aromatic heterocycles. The van der Waals surface area contributed by atoms with Gasteiger partial charge in [-0.2, -0.15) is 0 Å². The van der Waals surface area contributed by atoms with Crippen LogP contribution < -0.4 is 0 Å². The van der Waals surface area contributed by atoms with Crippen LogP contribution in [0.5, 0.6) is 0 Å². The number of carbonyl (C=O) groups is 1. The Morgan fingerprint density at radius 1 is 1.50 bits per heavy atom. The van der Waals surface area contributed by atoms with Crippen LogP contribution in [0.25, 0.3) is 0 Å². The van der Waals surface area contributed by atoms with Gasteiger partial charge >= 0.3 is 6.09 Å². The van der Waals surface area contributed by atoms with Crippen LogP contribution in [-0.4, -0.2) is 41.9 Å². The van der Waals surface area contributed by atoms with Gasteiger partial charge in [0.2, 0.25) is 0 Å². The number of carboxylic acid groups (broad SMARTS) is 1. The van der Waals surface area contributed by atoms with E-state index in [1.807, 2.05) is 12.2 Å². The Hall–Kier alpha value is -1.55. The third kappa shape index (κ3) is 1.38. The maximum absolute atomic E-state index is 10.9. The lowest BCUT2D eigenvalue weighted by Crippen LogP contribution is -2.30. The largest absolute Gasteiger partial charge is 0.465 e. The average Bonchev–Trinajstić information content (AvgIpc) is 2.73. The first kappa shape index (κ1) is 9.66. The number of hydrogen-bond donors (Lipinski definition) is 1. The van der Waals surface area contributed by atoms with E-state index in [0.29, 0.717) is 25.6 Å². The highest BCUT2D eigenvalue weighted by Crippen LogP contribution is 2.34. The minimum atomic E-state index is -0.863. The van der Waals surface area contributed by atoms with Gasteiger partial charge in [0.05, 0.1) is 19.3 Å². The molecule has 0 aromatic carbocycles. The highest BCUT2D eigenvalue weighted by Gasteiger charge is 2.37. The van der Waals surface area contributed by atoms with Crippen molar-refractivity contribution in [3.8, 4) is 0 Å². The van der Waals surface area contributed by atoms with Crippen molar-refractivity contribution in [3.63, 3.8) is 0 Å². The van der Waals surface area contributed by atoms with Gasteiger partial charge in [-0.15, -0.1) is 0 Å². The molecule has 2 heterocycles. The number of likely N-dealkylation sites (tertiary alicyclic amines) is 1. The number of fused-ring (bicyclic) bond motifs is 2. The molecule has 2 atom stereocenters. The minimum absolute atomic E-state index is 0.0292. The number of ether oxygens (including phenoxy) is 1. The molecule has 0 spiro atoms. The number of rotatable bonds is 0. The van der Waals surface area contributed by atoms with E-state index in [-0.39, 0.29) is 6.10 Å². The van der Waals surface area contributed by atoms with Gasteiger partial charge in [0.15, 0.2) is 0 Å². The Kier molecular flexibility index (Phi) is 2.11. The second-order valence-corrected chi connectivity index (χ2v) is 4.32. The fraction of sp³-hybridized carbons (Fsp3) is 0.417. The highest BCUT2D eigenvalue weighted by molar-refractivity contribution is 5.67. The molecular weight excluding hydrogens is 206 g/mol. The summed E-state index contributed by atoms with van der Waals surface area (Å²) in [6.07, 6.45) is 7.33. The fourth-order valence-electron chi connectivity index (χ4n) is 2.55. The van der Waals surface area contributed by atoms with E-state index in [1.165, 1.54) is 10.5 Å². The van der Waals surface area contributed by atoms with Crippen LogP contribution in [0.3, 0.4) is 0 Å². The van der Waals surface area contributed by atoms with Crippen molar-refractivity contribution in [1.82, 2.24) is 4.90 Å². The van der Waals surface area contributed by atoms with Gasteiger partial charge in [0, 0.05) is 12.5 Å². The molecule has 0 aromatic rings. The lowest BCUT2D eigenvalue weighted by molar-refractivity contribution is 0.0552. The first-order chi connectivity index (χ1) is 7.75. The molecule has 1 amide bonds. The Morgan fingerprint density at radius 3 is 3.19 bits per heavy atom. The first-order valence-electron chi connectivity index (χ1n) is 5.43. The van der Waals surface area contributed by atoms with Crippen LogP contribution in [0, 0.1) is 5.92 Å². The highest BCUT2D eigenvalue weighted by atomic mass is 16.5. The van der Waals surface area contributed by atoms with Gasteiger partial charge in [-0.1, -0.05) is 24.3 Å². The number of amides is 1. The Labute approximate surface area is 93.5 Å². The third-order valence-corrected chi connectivity index (χ3v) is 3.38. The summed E-state index contributed by atoms with van der Waals surface area (Å²) in [6, 6.07) is 0. The van der Waals surface area contributed by atoms with Crippen molar-refractivity contribution >= 4 is 6.09 Å². The van der Waals surface area contributed by atoms with E-state index in [9.17, 15) is 4.79 Å². The lowest BCUT2D eigenvalue weighted by atomic mass is 9.88. The van der Waals surface area contributed by atoms with E-state index in [2.05, 4.69) is 12.2 Å². The third-order valence-electron chi connectivity index (χ3n) is 3.38. The molecule has 1 N–H and O–H groups in total. The molecule has 2 unspecified atom stereocenters. The summed E-state index contributed by atoms with van der Waals surface area (Å²) in [5.74, 6) is 0.310. The fourth-order valence-corrected chi connectivity index (χ4v) is 2.55. The summed E-state index contributed by atoms with van der Waals surface area (Å²) < 4.78 is 5.70. The molecule has 0 bridgehead atoms. The summed E-state index contributed by atoms with van der Waals surface area (Å²) in [4.78, 5) is 12.3. The van der Waals surface area contributed by atoms with Crippen molar-refractivity contribution < 1.29 is 14.6 Å². The molecule has 1 aliphatic carbocycles. The Balaban J connectivity index is 1.95. The second-order valence-electron chi connectivity index (χ2n) is 4.32. The summed E-state index contributed by atoms with van der Waals surface area (Å²) in [5, 5.41) is 8.97. The number of hydrogen-bond acceptors (Lipinski definition) is 2. The molecule has 3 rings (SSSR count). The molecule has 1 fully saturated rings. The number of nitrogens with zero attached hydrogens (tertiary/aromatic N) is 1. The summed E-state index contributed by atoms with van der Waals surface area (Å²) in [6.45, 7) is 1.63. The summed E-state index contributed by atoms with van der Waals surface area (Å²) >= 11 is 0. The Morgan fingerprint density at radius 2 is 2.38 bits per heavy atom. The topological polar surface area (TPSA) is 49.8 Å². The van der Waals surface area contributed by atoms with Gasteiger partial charge in [-0.3, -0.25) is 0 Å². The van der Waals surface area contributed by atoms with E-state index < -0.39 is 6.09 Å². The van der Waals surface area contributed by atoms with Crippen molar-refractivity contribution in [2.75, 3.05) is 19.7 Å². The summed E-state index contributed by atoms with van der Waals surface area (Å²) in [5.41, 5.74) is 2.39.